The summed E-state index contributed by atoms with van der Waals surface area (Å²) in [5.74, 6) is -0.876. The molecule has 0 aliphatic heterocycles. The molecular weight excluding hydrogens is 154 g/mol. The van der Waals surface area contributed by atoms with Gasteiger partial charge in [-0.3, -0.25) is 4.79 Å². The molecule has 0 aromatic carbocycles. The largest absolute Gasteiger partial charge is 0.468 e. The monoisotopic (exact) mass is 169 g/mol. The number of hydrogen-bond donors (Lipinski definition) is 0. The van der Waals surface area contributed by atoms with Crippen molar-refractivity contribution >= 4 is 5.97 Å². The maximum Gasteiger partial charge on any atom is 0.323 e. The van der Waals surface area contributed by atoms with Gasteiger partial charge in [0.15, 0.2) is 0 Å². The second-order valence-electron chi connectivity index (χ2n) is 2.71. The second-order valence-corrected chi connectivity index (χ2v) is 2.71. The molecule has 12 heavy (non-hydrogen) atoms. The number of rotatable bonds is 4. The fraction of sp³-hybridized carbons (Fsp3) is 0.778. The highest BCUT2D eigenvalue weighted by molar-refractivity contribution is 5.75. The Kier molecular flexibility index (Phi) is 5.11. The highest BCUT2D eigenvalue weighted by Gasteiger charge is 2.26. The number of carbonyl (C=O) groups excluding carboxylic acids is 1. The van der Waals surface area contributed by atoms with Crippen LogP contribution in [0.3, 0.4) is 0 Å². The summed E-state index contributed by atoms with van der Waals surface area (Å²) in [5.41, 5.74) is 0. The number of ether oxygens (including phenoxy) is 1. The van der Waals surface area contributed by atoms with Crippen LogP contribution in [0.1, 0.15) is 26.7 Å². The third-order valence-corrected chi connectivity index (χ3v) is 2.11. The molecule has 0 aromatic heterocycles. The van der Waals surface area contributed by atoms with Gasteiger partial charge in [-0.2, -0.15) is 5.26 Å². The maximum absolute atomic E-state index is 11.1. The molecule has 0 saturated carbocycles. The molecule has 0 unspecified atom stereocenters. The molecule has 1 atom stereocenters. The average molecular weight is 169 g/mol. The Balaban J connectivity index is 4.33. The fourth-order valence-corrected chi connectivity index (χ4v) is 1.24. The molecule has 0 bridgehead atoms. The Labute approximate surface area is 73.3 Å². The van der Waals surface area contributed by atoms with Crippen molar-refractivity contribution in [3.05, 3.63) is 0 Å². The first-order chi connectivity index (χ1) is 5.71. The number of nitrogens with zero attached hydrogens (tertiary/aromatic N) is 1. The van der Waals surface area contributed by atoms with E-state index in [0.717, 1.165) is 12.8 Å². The lowest BCUT2D eigenvalue weighted by atomic mass is 9.89. The van der Waals surface area contributed by atoms with E-state index in [9.17, 15) is 4.79 Å². The van der Waals surface area contributed by atoms with Crippen molar-refractivity contribution in [3.63, 3.8) is 0 Å². The number of hydrogen-bond acceptors (Lipinski definition) is 3. The molecule has 0 heterocycles. The Hall–Kier alpha value is -1.04. The maximum atomic E-state index is 11.1. The van der Waals surface area contributed by atoms with Crippen LogP contribution >= 0.6 is 0 Å². The molecule has 68 valence electrons. The number of methoxy groups -OCH3 is 1. The van der Waals surface area contributed by atoms with Gasteiger partial charge < -0.3 is 4.74 Å². The Morgan fingerprint density at radius 2 is 2.00 bits per heavy atom. The van der Waals surface area contributed by atoms with E-state index in [1.807, 2.05) is 19.9 Å². The number of esters is 1. The predicted octanol–water partition coefficient (Wildman–Crippen LogP) is 1.74. The lowest BCUT2D eigenvalue weighted by molar-refractivity contribution is -0.145. The lowest BCUT2D eigenvalue weighted by Gasteiger charge is -2.15. The van der Waals surface area contributed by atoms with Gasteiger partial charge in [-0.15, -0.1) is 0 Å². The molecule has 3 heteroatoms. The molecule has 3 nitrogen and oxygen atoms in total. The van der Waals surface area contributed by atoms with Crippen molar-refractivity contribution in [2.24, 2.45) is 11.8 Å². The first kappa shape index (κ1) is 11.0. The highest BCUT2D eigenvalue weighted by atomic mass is 16.5. The number of carbonyl (C=O) groups is 1. The van der Waals surface area contributed by atoms with Gasteiger partial charge in [0, 0.05) is 0 Å². The van der Waals surface area contributed by atoms with Crippen molar-refractivity contribution in [2.45, 2.75) is 26.7 Å². The number of nitriles is 1. The van der Waals surface area contributed by atoms with Crippen LogP contribution in [0, 0.1) is 23.2 Å². The van der Waals surface area contributed by atoms with Gasteiger partial charge in [-0.05, 0) is 5.92 Å². The van der Waals surface area contributed by atoms with Crippen molar-refractivity contribution in [1.29, 1.82) is 5.26 Å². The third-order valence-electron chi connectivity index (χ3n) is 2.11. The van der Waals surface area contributed by atoms with E-state index in [1.165, 1.54) is 7.11 Å². The van der Waals surface area contributed by atoms with Crippen LogP contribution in [-0.2, 0) is 9.53 Å². The molecule has 0 amide bonds. The highest BCUT2D eigenvalue weighted by Crippen LogP contribution is 2.19. The van der Waals surface area contributed by atoms with Gasteiger partial charge in [-0.1, -0.05) is 26.7 Å². The summed E-state index contributed by atoms with van der Waals surface area (Å²) >= 11 is 0. The van der Waals surface area contributed by atoms with E-state index in [-0.39, 0.29) is 5.92 Å². The molecule has 0 radical (unpaired) electrons. The molecule has 0 aliphatic rings. The van der Waals surface area contributed by atoms with Crippen LogP contribution in [0.4, 0.5) is 0 Å². The van der Waals surface area contributed by atoms with E-state index in [2.05, 4.69) is 4.74 Å². The lowest BCUT2D eigenvalue weighted by Crippen LogP contribution is -2.22. The van der Waals surface area contributed by atoms with Crippen LogP contribution < -0.4 is 0 Å². The normalized spacial score (nSPS) is 12.2. The van der Waals surface area contributed by atoms with Crippen LogP contribution in [-0.4, -0.2) is 13.1 Å². The summed E-state index contributed by atoms with van der Waals surface area (Å²) in [6.45, 7) is 3.95. The summed E-state index contributed by atoms with van der Waals surface area (Å²) in [6, 6.07) is 1.98. The minimum atomic E-state index is -0.593. The zero-order valence-electron chi connectivity index (χ0n) is 7.83. The van der Waals surface area contributed by atoms with E-state index in [4.69, 9.17) is 5.26 Å². The first-order valence-electron chi connectivity index (χ1n) is 4.18. The minimum Gasteiger partial charge on any atom is -0.468 e. The topological polar surface area (TPSA) is 50.1 Å². The predicted molar refractivity (Wildman–Crippen MR) is 45.2 cm³/mol. The SMILES string of the molecule is CCC(CC)[C@@H](C#N)C(=O)OC. The van der Waals surface area contributed by atoms with Gasteiger partial charge in [0.1, 0.15) is 5.92 Å². The van der Waals surface area contributed by atoms with Gasteiger partial charge in [0.25, 0.3) is 0 Å². The zero-order chi connectivity index (χ0) is 9.56. The Morgan fingerprint density at radius 1 is 1.50 bits per heavy atom. The molecular formula is C9H15NO2. The van der Waals surface area contributed by atoms with E-state index in [1.54, 1.807) is 0 Å². The van der Waals surface area contributed by atoms with Crippen molar-refractivity contribution < 1.29 is 9.53 Å². The zero-order valence-corrected chi connectivity index (χ0v) is 7.83. The first-order valence-corrected chi connectivity index (χ1v) is 4.18. The second kappa shape index (κ2) is 5.59. The standard InChI is InChI=1S/C9H15NO2/c1-4-7(5-2)8(6-10)9(11)12-3/h7-8H,4-5H2,1-3H3/t8-/m1/s1. The van der Waals surface area contributed by atoms with Crippen LogP contribution in [0.5, 0.6) is 0 Å². The van der Waals surface area contributed by atoms with E-state index < -0.39 is 11.9 Å². The van der Waals surface area contributed by atoms with Crippen LogP contribution in [0.15, 0.2) is 0 Å². The van der Waals surface area contributed by atoms with E-state index in [0.29, 0.717) is 0 Å². The van der Waals surface area contributed by atoms with E-state index >= 15 is 0 Å². The molecule has 0 rings (SSSR count). The molecule has 0 N–H and O–H groups in total. The quantitative estimate of drug-likeness (QED) is 0.602. The fourth-order valence-electron chi connectivity index (χ4n) is 1.24. The summed E-state index contributed by atoms with van der Waals surface area (Å²) in [6.07, 6.45) is 1.67. The van der Waals surface area contributed by atoms with Gasteiger partial charge in [0.2, 0.25) is 0 Å². The Bertz CT molecular complexity index is 179. The van der Waals surface area contributed by atoms with Gasteiger partial charge in [-0.25, -0.2) is 0 Å². The Morgan fingerprint density at radius 3 is 2.25 bits per heavy atom. The van der Waals surface area contributed by atoms with Gasteiger partial charge >= 0.3 is 5.97 Å². The van der Waals surface area contributed by atoms with Crippen LogP contribution in [0.2, 0.25) is 0 Å². The smallest absolute Gasteiger partial charge is 0.323 e. The van der Waals surface area contributed by atoms with Crippen molar-refractivity contribution in [3.8, 4) is 6.07 Å². The third kappa shape index (κ3) is 2.54. The molecule has 0 aliphatic carbocycles. The summed E-state index contributed by atoms with van der Waals surface area (Å²) in [4.78, 5) is 11.1. The molecule has 0 saturated heterocycles. The molecule has 0 spiro atoms. The molecule has 0 aromatic rings. The summed E-state index contributed by atoms with van der Waals surface area (Å²) in [7, 11) is 1.31. The van der Waals surface area contributed by atoms with Gasteiger partial charge in [0.05, 0.1) is 13.2 Å². The van der Waals surface area contributed by atoms with Crippen molar-refractivity contribution in [2.75, 3.05) is 7.11 Å². The minimum absolute atomic E-state index is 0.127. The average Bonchev–Trinajstić information content (AvgIpc) is 2.12. The summed E-state index contributed by atoms with van der Waals surface area (Å²) in [5, 5.41) is 8.71. The van der Waals surface area contributed by atoms with Crippen LogP contribution in [0.25, 0.3) is 0 Å². The summed E-state index contributed by atoms with van der Waals surface area (Å²) < 4.78 is 4.53. The molecule has 0 fully saturated rings. The van der Waals surface area contributed by atoms with Crippen molar-refractivity contribution in [1.82, 2.24) is 0 Å².